The lowest BCUT2D eigenvalue weighted by Gasteiger charge is -2.37. The molecule has 0 aliphatic carbocycles. The normalized spacial score (nSPS) is 16.2. The molecule has 1 aliphatic rings. The number of carbonyl (C=O) groups excluding carboxylic acids is 1. The lowest BCUT2D eigenvalue weighted by Crippen LogP contribution is -2.45. The van der Waals surface area contributed by atoms with Gasteiger partial charge in [-0.05, 0) is 68.5 Å². The van der Waals surface area contributed by atoms with Gasteiger partial charge in [-0.15, -0.1) is 0 Å². The zero-order valence-corrected chi connectivity index (χ0v) is 18.5. The monoisotopic (exact) mass is 412 g/mol. The summed E-state index contributed by atoms with van der Waals surface area (Å²) in [6, 6.07) is 9.22. The Labute approximate surface area is 178 Å². The van der Waals surface area contributed by atoms with Gasteiger partial charge in [0.1, 0.15) is 17.2 Å². The lowest BCUT2D eigenvalue weighted by atomic mass is 9.94. The van der Waals surface area contributed by atoms with Crippen LogP contribution >= 0.6 is 0 Å². The smallest absolute Gasteiger partial charge is 0.251 e. The number of hydrogen-bond acceptors (Lipinski definition) is 5. The molecular weight excluding hydrogens is 380 g/mol. The third kappa shape index (κ3) is 4.70. The quantitative estimate of drug-likeness (QED) is 0.751. The van der Waals surface area contributed by atoms with E-state index in [1.807, 2.05) is 6.07 Å². The van der Waals surface area contributed by atoms with Crippen molar-refractivity contribution in [1.29, 1.82) is 0 Å². The lowest BCUT2D eigenvalue weighted by molar-refractivity contribution is 0.0895. The van der Waals surface area contributed by atoms with Crippen molar-refractivity contribution in [2.75, 3.05) is 27.3 Å². The number of hydrogen-bond donors (Lipinski definition) is 2. The summed E-state index contributed by atoms with van der Waals surface area (Å²) in [4.78, 5) is 15.1. The highest BCUT2D eigenvalue weighted by atomic mass is 16.5. The van der Waals surface area contributed by atoms with E-state index >= 15 is 0 Å². The Bertz CT molecular complexity index is 904. The maximum Gasteiger partial charge on any atom is 0.251 e. The van der Waals surface area contributed by atoms with Crippen LogP contribution in [0.1, 0.15) is 52.9 Å². The summed E-state index contributed by atoms with van der Waals surface area (Å²) in [6.45, 7) is 8.33. The van der Waals surface area contributed by atoms with E-state index in [2.05, 4.69) is 37.1 Å². The molecule has 0 saturated carbocycles. The fourth-order valence-electron chi connectivity index (χ4n) is 4.22. The molecule has 1 fully saturated rings. The van der Waals surface area contributed by atoms with Crippen molar-refractivity contribution in [3.05, 3.63) is 52.6 Å². The number of amides is 1. The molecule has 3 rings (SSSR count). The van der Waals surface area contributed by atoms with Crippen LogP contribution in [0.3, 0.4) is 0 Å². The largest absolute Gasteiger partial charge is 0.508 e. The van der Waals surface area contributed by atoms with Gasteiger partial charge < -0.3 is 19.9 Å². The van der Waals surface area contributed by atoms with Gasteiger partial charge in [0.05, 0.1) is 14.2 Å². The van der Waals surface area contributed by atoms with Gasteiger partial charge in [0.15, 0.2) is 0 Å². The summed E-state index contributed by atoms with van der Waals surface area (Å²) >= 11 is 0. The molecule has 0 bridgehead atoms. The number of methoxy groups -OCH3 is 2. The summed E-state index contributed by atoms with van der Waals surface area (Å²) < 4.78 is 10.6. The molecule has 0 radical (unpaired) electrons. The molecule has 2 N–H and O–H groups in total. The number of nitrogens with zero attached hydrogens (tertiary/aromatic N) is 1. The second kappa shape index (κ2) is 9.39. The summed E-state index contributed by atoms with van der Waals surface area (Å²) in [5.74, 6) is 1.23. The number of phenolic OH excluding ortho intramolecular Hbond substituents is 1. The number of ether oxygens (including phenoxy) is 2. The Morgan fingerprint density at radius 3 is 2.43 bits per heavy atom. The topological polar surface area (TPSA) is 71.0 Å². The fraction of sp³-hybridized carbons (Fsp3) is 0.458. The van der Waals surface area contributed by atoms with Crippen molar-refractivity contribution in [1.82, 2.24) is 10.2 Å². The molecule has 2 aromatic carbocycles. The SMILES string of the molecule is COc1cc(O)cc(C(=O)NC2CCN(C(C)c3ccc(OC)c(C)c3C)CC2)c1. The maximum atomic E-state index is 12.6. The molecule has 1 unspecified atom stereocenters. The minimum absolute atomic E-state index is 0.0216. The first kappa shape index (κ1) is 22.0. The van der Waals surface area contributed by atoms with Crippen molar-refractivity contribution < 1.29 is 19.4 Å². The Hall–Kier alpha value is -2.73. The summed E-state index contributed by atoms with van der Waals surface area (Å²) in [5.41, 5.74) is 4.19. The van der Waals surface area contributed by atoms with Gasteiger partial charge in [0.25, 0.3) is 5.91 Å². The van der Waals surface area contributed by atoms with Crippen LogP contribution in [0, 0.1) is 13.8 Å². The molecule has 1 aliphatic heterocycles. The molecule has 2 aromatic rings. The molecule has 0 spiro atoms. The highest BCUT2D eigenvalue weighted by Crippen LogP contribution is 2.32. The number of benzene rings is 2. The molecule has 6 heteroatoms. The van der Waals surface area contributed by atoms with Crippen molar-refractivity contribution >= 4 is 5.91 Å². The number of nitrogens with one attached hydrogen (secondary N) is 1. The second-order valence-electron chi connectivity index (χ2n) is 7.99. The number of rotatable bonds is 6. The van der Waals surface area contributed by atoms with Crippen molar-refractivity contribution in [3.8, 4) is 17.2 Å². The Kier molecular flexibility index (Phi) is 6.87. The summed E-state index contributed by atoms with van der Waals surface area (Å²) in [5, 5.41) is 12.9. The predicted octanol–water partition coefficient (Wildman–Crippen LogP) is 3.98. The van der Waals surface area contributed by atoms with E-state index in [0.29, 0.717) is 17.4 Å². The van der Waals surface area contributed by atoms with Gasteiger partial charge in [-0.1, -0.05) is 6.07 Å². The van der Waals surface area contributed by atoms with Crippen LogP contribution in [0.4, 0.5) is 0 Å². The second-order valence-corrected chi connectivity index (χ2v) is 7.99. The fourth-order valence-corrected chi connectivity index (χ4v) is 4.22. The first-order chi connectivity index (χ1) is 14.3. The molecule has 6 nitrogen and oxygen atoms in total. The van der Waals surface area contributed by atoms with Crippen LogP contribution in [0.5, 0.6) is 17.2 Å². The third-order valence-electron chi connectivity index (χ3n) is 6.25. The van der Waals surface area contributed by atoms with E-state index in [0.717, 1.165) is 31.7 Å². The van der Waals surface area contributed by atoms with Gasteiger partial charge in [0.2, 0.25) is 0 Å². The van der Waals surface area contributed by atoms with E-state index in [-0.39, 0.29) is 17.7 Å². The molecule has 30 heavy (non-hydrogen) atoms. The number of likely N-dealkylation sites (tertiary alicyclic amines) is 1. The molecular formula is C24H32N2O4. The molecule has 162 valence electrons. The summed E-state index contributed by atoms with van der Waals surface area (Å²) in [6.07, 6.45) is 1.78. The predicted molar refractivity (Wildman–Crippen MR) is 118 cm³/mol. The van der Waals surface area contributed by atoms with Gasteiger partial charge in [-0.3, -0.25) is 9.69 Å². The first-order valence-electron chi connectivity index (χ1n) is 10.4. The average molecular weight is 413 g/mol. The number of piperidine rings is 1. The first-order valence-corrected chi connectivity index (χ1v) is 10.4. The standard InChI is InChI=1S/C24H32N2O4/c1-15-16(2)23(30-5)7-6-22(15)17(3)26-10-8-19(9-11-26)25-24(28)18-12-20(27)14-21(13-18)29-4/h6-7,12-14,17,19,27H,8-11H2,1-5H3,(H,25,28). The van der Waals surface area contributed by atoms with E-state index < -0.39 is 0 Å². The van der Waals surface area contributed by atoms with Crippen LogP contribution in [0.25, 0.3) is 0 Å². The van der Waals surface area contributed by atoms with Crippen molar-refractivity contribution in [2.45, 2.75) is 45.7 Å². The number of carbonyl (C=O) groups is 1. The Morgan fingerprint density at radius 1 is 1.10 bits per heavy atom. The van der Waals surface area contributed by atoms with Gasteiger partial charge in [0, 0.05) is 36.8 Å². The molecule has 1 saturated heterocycles. The highest BCUT2D eigenvalue weighted by molar-refractivity contribution is 5.95. The van der Waals surface area contributed by atoms with Crippen LogP contribution < -0.4 is 14.8 Å². The van der Waals surface area contributed by atoms with Crippen LogP contribution in [-0.4, -0.2) is 49.3 Å². The minimum atomic E-state index is -0.183. The molecule has 1 heterocycles. The zero-order chi connectivity index (χ0) is 21.8. The van der Waals surface area contributed by atoms with Gasteiger partial charge >= 0.3 is 0 Å². The van der Waals surface area contributed by atoms with Crippen LogP contribution in [-0.2, 0) is 0 Å². The van der Waals surface area contributed by atoms with Crippen molar-refractivity contribution in [2.24, 2.45) is 0 Å². The molecule has 1 amide bonds. The number of aromatic hydroxyl groups is 1. The van der Waals surface area contributed by atoms with E-state index in [9.17, 15) is 9.90 Å². The van der Waals surface area contributed by atoms with Gasteiger partial charge in [-0.25, -0.2) is 0 Å². The average Bonchev–Trinajstić information content (AvgIpc) is 2.75. The highest BCUT2D eigenvalue weighted by Gasteiger charge is 2.26. The zero-order valence-electron chi connectivity index (χ0n) is 18.5. The third-order valence-corrected chi connectivity index (χ3v) is 6.25. The van der Waals surface area contributed by atoms with Crippen LogP contribution in [0.15, 0.2) is 30.3 Å². The van der Waals surface area contributed by atoms with Crippen LogP contribution in [0.2, 0.25) is 0 Å². The number of phenols is 1. The minimum Gasteiger partial charge on any atom is -0.508 e. The van der Waals surface area contributed by atoms with Crippen molar-refractivity contribution in [3.63, 3.8) is 0 Å². The maximum absolute atomic E-state index is 12.6. The molecule has 1 atom stereocenters. The molecule has 0 aromatic heterocycles. The Balaban J connectivity index is 1.60. The summed E-state index contributed by atoms with van der Waals surface area (Å²) in [7, 11) is 3.22. The Morgan fingerprint density at radius 2 is 1.80 bits per heavy atom. The van der Waals surface area contributed by atoms with Gasteiger partial charge in [-0.2, -0.15) is 0 Å². The van der Waals surface area contributed by atoms with E-state index in [1.54, 1.807) is 13.2 Å². The van der Waals surface area contributed by atoms with E-state index in [4.69, 9.17) is 9.47 Å². The van der Waals surface area contributed by atoms with E-state index in [1.165, 1.54) is 35.9 Å².